The van der Waals surface area contributed by atoms with Crippen LogP contribution in [0, 0.1) is 11.2 Å². The van der Waals surface area contributed by atoms with Crippen molar-refractivity contribution in [2.24, 2.45) is 5.73 Å². The van der Waals surface area contributed by atoms with Crippen molar-refractivity contribution in [2.75, 3.05) is 0 Å². The minimum Gasteiger partial charge on any atom is -0.455 e. The summed E-state index contributed by atoms with van der Waals surface area (Å²) in [6.45, 7) is 0. The second-order valence-electron chi connectivity index (χ2n) is 3.86. The van der Waals surface area contributed by atoms with Crippen molar-refractivity contribution in [2.45, 2.75) is 0 Å². The van der Waals surface area contributed by atoms with Crippen molar-refractivity contribution < 1.29 is 9.13 Å². The van der Waals surface area contributed by atoms with Crippen molar-refractivity contribution >= 4 is 49.3 Å². The Balaban J connectivity index is 2.35. The Kier molecular flexibility index (Phi) is 4.67. The third kappa shape index (κ3) is 3.31. The molecule has 0 spiro atoms. The van der Waals surface area contributed by atoms with Gasteiger partial charge in [0.1, 0.15) is 23.2 Å². The Bertz CT molecular complexity index is 694. The quantitative estimate of drug-likeness (QED) is 0.412. The second-order valence-corrected chi connectivity index (χ2v) is 5.97. The van der Waals surface area contributed by atoms with Gasteiger partial charge in [-0.15, -0.1) is 0 Å². The van der Waals surface area contributed by atoms with Crippen LogP contribution in [0.4, 0.5) is 4.39 Å². The molecule has 0 amide bonds. The molecule has 0 aliphatic heterocycles. The minimum absolute atomic E-state index is 0.00946. The lowest BCUT2D eigenvalue weighted by molar-refractivity contribution is 0.471. The van der Waals surface area contributed by atoms with Gasteiger partial charge in [-0.1, -0.05) is 11.6 Å². The fraction of sp³-hybridized carbons (Fsp3) is 0. The van der Waals surface area contributed by atoms with E-state index in [-0.39, 0.29) is 10.9 Å². The maximum Gasteiger partial charge on any atom is 0.145 e. The molecule has 2 rings (SSSR count). The van der Waals surface area contributed by atoms with E-state index < -0.39 is 5.82 Å². The molecular weight excluding hydrogens is 414 g/mol. The van der Waals surface area contributed by atoms with Gasteiger partial charge in [0.25, 0.3) is 0 Å². The molecule has 3 N–H and O–H groups in total. The molecule has 0 aromatic heterocycles. The van der Waals surface area contributed by atoms with Gasteiger partial charge in [0.15, 0.2) is 0 Å². The largest absolute Gasteiger partial charge is 0.455 e. The predicted molar refractivity (Wildman–Crippen MR) is 84.3 cm³/mol. The van der Waals surface area contributed by atoms with Crippen LogP contribution < -0.4 is 10.5 Å². The van der Waals surface area contributed by atoms with E-state index in [0.29, 0.717) is 26.0 Å². The maximum absolute atomic E-state index is 13.4. The molecular formula is C13H8Br2ClFN2O. The summed E-state index contributed by atoms with van der Waals surface area (Å²) in [5.74, 6) is 0.151. The maximum atomic E-state index is 13.4. The topological polar surface area (TPSA) is 59.1 Å². The number of rotatable bonds is 3. The molecule has 0 saturated heterocycles. The highest BCUT2D eigenvalue weighted by molar-refractivity contribution is 9.11. The summed E-state index contributed by atoms with van der Waals surface area (Å²) < 4.78 is 20.2. The first-order valence-electron chi connectivity index (χ1n) is 5.35. The number of amidine groups is 1. The molecule has 0 bridgehead atoms. The molecule has 2 aromatic carbocycles. The Labute approximate surface area is 136 Å². The van der Waals surface area contributed by atoms with Crippen molar-refractivity contribution in [1.82, 2.24) is 0 Å². The first-order chi connectivity index (χ1) is 9.38. The summed E-state index contributed by atoms with van der Waals surface area (Å²) >= 11 is 12.2. The van der Waals surface area contributed by atoms with Gasteiger partial charge in [-0.3, -0.25) is 5.41 Å². The van der Waals surface area contributed by atoms with Gasteiger partial charge in [-0.05, 0) is 56.1 Å². The van der Waals surface area contributed by atoms with E-state index in [2.05, 4.69) is 31.9 Å². The zero-order valence-electron chi connectivity index (χ0n) is 9.88. The number of halogens is 4. The van der Waals surface area contributed by atoms with E-state index in [0.717, 1.165) is 0 Å². The van der Waals surface area contributed by atoms with E-state index >= 15 is 0 Å². The molecule has 0 aliphatic rings. The molecule has 0 atom stereocenters. The molecule has 3 nitrogen and oxygen atoms in total. The number of hydrogen-bond donors (Lipinski definition) is 2. The average molecular weight is 422 g/mol. The highest BCUT2D eigenvalue weighted by atomic mass is 79.9. The molecule has 0 heterocycles. The highest BCUT2D eigenvalue weighted by Gasteiger charge is 2.11. The first kappa shape index (κ1) is 15.3. The minimum atomic E-state index is -0.568. The molecule has 2 aromatic rings. The normalized spacial score (nSPS) is 10.4. The van der Waals surface area contributed by atoms with Gasteiger partial charge in [-0.25, -0.2) is 4.39 Å². The first-order valence-corrected chi connectivity index (χ1v) is 7.31. The number of hydrogen-bond acceptors (Lipinski definition) is 2. The van der Waals surface area contributed by atoms with Gasteiger partial charge in [-0.2, -0.15) is 0 Å². The molecule has 104 valence electrons. The third-order valence-corrected chi connectivity index (χ3v) is 3.97. The predicted octanol–water partition coefficient (Wildman–Crippen LogP) is 5.08. The lowest BCUT2D eigenvalue weighted by Crippen LogP contribution is -2.10. The molecule has 0 aliphatic carbocycles. The molecule has 0 fully saturated rings. The number of nitrogens with one attached hydrogen (secondary N) is 1. The van der Waals surface area contributed by atoms with E-state index in [4.69, 9.17) is 27.5 Å². The lowest BCUT2D eigenvalue weighted by atomic mass is 10.2. The smallest absolute Gasteiger partial charge is 0.145 e. The summed E-state index contributed by atoms with van der Waals surface area (Å²) in [6, 6.07) is 7.54. The fourth-order valence-electron chi connectivity index (χ4n) is 1.45. The van der Waals surface area contributed by atoms with Crippen molar-refractivity contribution in [3.8, 4) is 11.5 Å². The van der Waals surface area contributed by atoms with Crippen molar-refractivity contribution in [1.29, 1.82) is 5.41 Å². The van der Waals surface area contributed by atoms with E-state index in [1.165, 1.54) is 12.1 Å². The highest BCUT2D eigenvalue weighted by Crippen LogP contribution is 2.36. The summed E-state index contributed by atoms with van der Waals surface area (Å²) in [7, 11) is 0. The lowest BCUT2D eigenvalue weighted by Gasteiger charge is -2.11. The zero-order valence-corrected chi connectivity index (χ0v) is 13.8. The van der Waals surface area contributed by atoms with Crippen LogP contribution in [-0.4, -0.2) is 5.84 Å². The number of nitrogen functional groups attached to an aromatic ring is 1. The molecule has 0 radical (unpaired) electrons. The fourth-order valence-corrected chi connectivity index (χ4v) is 2.63. The number of nitrogens with two attached hydrogens (primary N) is 1. The summed E-state index contributed by atoms with van der Waals surface area (Å²) in [4.78, 5) is 0. The van der Waals surface area contributed by atoms with Gasteiger partial charge < -0.3 is 10.5 Å². The zero-order chi connectivity index (χ0) is 14.9. The van der Waals surface area contributed by atoms with Crippen LogP contribution in [0.5, 0.6) is 11.5 Å². The van der Waals surface area contributed by atoms with Gasteiger partial charge in [0, 0.05) is 11.6 Å². The van der Waals surface area contributed by atoms with Gasteiger partial charge in [0.05, 0.1) is 14.0 Å². The Morgan fingerprint density at radius 1 is 1.15 bits per heavy atom. The van der Waals surface area contributed by atoms with Crippen LogP contribution in [0.1, 0.15) is 5.56 Å². The Morgan fingerprint density at radius 2 is 1.80 bits per heavy atom. The average Bonchev–Trinajstić information content (AvgIpc) is 2.37. The number of benzene rings is 2. The SMILES string of the molecule is N=C(N)c1ccc(Oc2cc(F)c(Cl)cc2Br)c(Br)c1. The van der Waals surface area contributed by atoms with Crippen molar-refractivity contribution in [3.63, 3.8) is 0 Å². The van der Waals surface area contributed by atoms with Crippen LogP contribution in [0.15, 0.2) is 39.3 Å². The molecule has 7 heteroatoms. The van der Waals surface area contributed by atoms with Crippen LogP contribution in [-0.2, 0) is 0 Å². The Morgan fingerprint density at radius 3 is 2.40 bits per heavy atom. The monoisotopic (exact) mass is 420 g/mol. The van der Waals surface area contributed by atoms with E-state index in [1.807, 2.05) is 0 Å². The standard InChI is InChI=1S/C13H8Br2ClFN2O/c14-7-3-6(13(18)19)1-2-11(7)20-12-5-10(17)9(16)4-8(12)15/h1-5H,(H3,18,19). The summed E-state index contributed by atoms with van der Waals surface area (Å²) in [6.07, 6.45) is 0. The summed E-state index contributed by atoms with van der Waals surface area (Å²) in [5.41, 5.74) is 5.96. The molecule has 20 heavy (non-hydrogen) atoms. The molecule has 0 saturated carbocycles. The van der Waals surface area contributed by atoms with Crippen LogP contribution in [0.2, 0.25) is 5.02 Å². The van der Waals surface area contributed by atoms with Crippen LogP contribution >= 0.6 is 43.5 Å². The van der Waals surface area contributed by atoms with E-state index in [9.17, 15) is 4.39 Å². The van der Waals surface area contributed by atoms with Gasteiger partial charge in [0.2, 0.25) is 0 Å². The summed E-state index contributed by atoms with van der Waals surface area (Å²) in [5, 5.41) is 7.36. The van der Waals surface area contributed by atoms with Crippen molar-refractivity contribution in [3.05, 3.63) is 55.7 Å². The third-order valence-electron chi connectivity index (χ3n) is 2.44. The van der Waals surface area contributed by atoms with Gasteiger partial charge >= 0.3 is 0 Å². The number of ether oxygens (including phenoxy) is 1. The van der Waals surface area contributed by atoms with E-state index in [1.54, 1.807) is 18.2 Å². The van der Waals surface area contributed by atoms with Crippen LogP contribution in [0.3, 0.4) is 0 Å². The Hall–Kier alpha value is -1.11. The molecule has 0 unspecified atom stereocenters. The van der Waals surface area contributed by atoms with Crippen LogP contribution in [0.25, 0.3) is 0 Å². The second kappa shape index (κ2) is 6.11.